The van der Waals surface area contributed by atoms with Crippen LogP contribution in [0.2, 0.25) is 5.15 Å². The van der Waals surface area contributed by atoms with Crippen molar-refractivity contribution in [2.45, 2.75) is 26.3 Å². The Balaban J connectivity index is 0.00000392. The molecule has 0 fully saturated rings. The number of rotatable bonds is 9. The Morgan fingerprint density at radius 2 is 1.82 bits per heavy atom. The molecule has 28 heavy (non-hydrogen) atoms. The van der Waals surface area contributed by atoms with Crippen LogP contribution in [0.1, 0.15) is 31.0 Å². The molecule has 154 valence electrons. The molecule has 2 N–H and O–H groups in total. The third kappa shape index (κ3) is 7.93. The van der Waals surface area contributed by atoms with Gasteiger partial charge in [-0.3, -0.25) is 9.89 Å². The summed E-state index contributed by atoms with van der Waals surface area (Å²) in [6.07, 6.45) is 2.68. The minimum absolute atomic E-state index is 0. The molecular formula is C21H31ClIN5. The molecule has 1 aromatic carbocycles. The predicted molar refractivity (Wildman–Crippen MR) is 130 cm³/mol. The van der Waals surface area contributed by atoms with Crippen molar-refractivity contribution in [2.24, 2.45) is 4.99 Å². The molecule has 0 aliphatic rings. The number of hydrogen-bond acceptors (Lipinski definition) is 3. The zero-order valence-corrected chi connectivity index (χ0v) is 19.9. The van der Waals surface area contributed by atoms with Gasteiger partial charge in [0, 0.05) is 26.3 Å². The van der Waals surface area contributed by atoms with Crippen LogP contribution >= 0.6 is 35.6 Å². The summed E-state index contributed by atoms with van der Waals surface area (Å²) in [6, 6.07) is 14.8. The van der Waals surface area contributed by atoms with Crippen LogP contribution in [-0.4, -0.2) is 49.1 Å². The fourth-order valence-corrected chi connectivity index (χ4v) is 3.20. The molecule has 0 aliphatic carbocycles. The van der Waals surface area contributed by atoms with Gasteiger partial charge in [0.2, 0.25) is 0 Å². The predicted octanol–water partition coefficient (Wildman–Crippen LogP) is 4.14. The highest BCUT2D eigenvalue weighted by atomic mass is 127. The van der Waals surface area contributed by atoms with E-state index in [0.29, 0.717) is 11.2 Å². The van der Waals surface area contributed by atoms with Crippen molar-refractivity contribution in [1.29, 1.82) is 0 Å². The highest BCUT2D eigenvalue weighted by Gasteiger charge is 2.18. The zero-order chi connectivity index (χ0) is 19.5. The molecule has 0 saturated carbocycles. The lowest BCUT2D eigenvalue weighted by atomic mass is 10.1. The number of halogens is 2. The van der Waals surface area contributed by atoms with Gasteiger partial charge in [-0.05, 0) is 36.7 Å². The number of pyridine rings is 1. The molecule has 2 rings (SSSR count). The Bertz CT molecular complexity index is 690. The van der Waals surface area contributed by atoms with Gasteiger partial charge in [-0.15, -0.1) is 24.0 Å². The van der Waals surface area contributed by atoms with Crippen molar-refractivity contribution >= 4 is 41.5 Å². The second-order valence-electron chi connectivity index (χ2n) is 6.27. The number of benzene rings is 1. The minimum Gasteiger partial charge on any atom is -0.356 e. The van der Waals surface area contributed by atoms with Gasteiger partial charge >= 0.3 is 0 Å². The topological polar surface area (TPSA) is 52.5 Å². The van der Waals surface area contributed by atoms with Crippen LogP contribution in [-0.2, 0) is 6.42 Å². The Labute approximate surface area is 191 Å². The lowest BCUT2D eigenvalue weighted by Crippen LogP contribution is -2.43. The summed E-state index contributed by atoms with van der Waals surface area (Å²) in [6.45, 7) is 8.00. The van der Waals surface area contributed by atoms with Gasteiger partial charge in [0.15, 0.2) is 5.96 Å². The third-order valence-corrected chi connectivity index (χ3v) is 4.84. The fourth-order valence-electron chi connectivity index (χ4n) is 3.09. The van der Waals surface area contributed by atoms with Crippen LogP contribution in [0.15, 0.2) is 53.7 Å². The fraction of sp³-hybridized carbons (Fsp3) is 0.429. The summed E-state index contributed by atoms with van der Waals surface area (Å²) in [4.78, 5) is 10.9. The van der Waals surface area contributed by atoms with Gasteiger partial charge in [0.1, 0.15) is 5.15 Å². The quantitative estimate of drug-likeness (QED) is 0.228. The summed E-state index contributed by atoms with van der Waals surface area (Å²) in [5.41, 5.74) is 2.46. The molecule has 0 bridgehead atoms. The minimum atomic E-state index is 0. The standard InChI is InChI=1S/C21H30ClN5.HI/c1-4-27(5-2)19(18-9-7-6-8-10-18)16-26-21(23-3)24-14-13-17-11-12-20(22)25-15-17;/h6-12,15,19H,4-5,13-14,16H2,1-3H3,(H2,23,24,26);1H. The largest absolute Gasteiger partial charge is 0.356 e. The van der Waals surface area contributed by atoms with E-state index in [0.717, 1.165) is 44.1 Å². The van der Waals surface area contributed by atoms with E-state index in [1.54, 1.807) is 7.05 Å². The van der Waals surface area contributed by atoms with Crippen molar-refractivity contribution in [1.82, 2.24) is 20.5 Å². The number of aliphatic imine (C=N–C) groups is 1. The number of nitrogens with zero attached hydrogens (tertiary/aromatic N) is 3. The second-order valence-corrected chi connectivity index (χ2v) is 6.65. The first-order valence-electron chi connectivity index (χ1n) is 9.51. The molecule has 1 unspecified atom stereocenters. The lowest BCUT2D eigenvalue weighted by molar-refractivity contribution is 0.219. The van der Waals surface area contributed by atoms with Gasteiger partial charge in [-0.1, -0.05) is 61.8 Å². The average molecular weight is 516 g/mol. The van der Waals surface area contributed by atoms with Crippen molar-refractivity contribution < 1.29 is 0 Å². The van der Waals surface area contributed by atoms with Gasteiger partial charge in [0.25, 0.3) is 0 Å². The van der Waals surface area contributed by atoms with Crippen LogP contribution in [0.3, 0.4) is 0 Å². The van der Waals surface area contributed by atoms with E-state index in [1.165, 1.54) is 5.56 Å². The molecule has 0 spiro atoms. The normalized spacial score (nSPS) is 12.4. The summed E-state index contributed by atoms with van der Waals surface area (Å²) < 4.78 is 0. The summed E-state index contributed by atoms with van der Waals surface area (Å²) >= 11 is 5.83. The first kappa shape index (κ1) is 24.7. The Kier molecular flexibility index (Phi) is 12.1. The highest BCUT2D eigenvalue weighted by Crippen LogP contribution is 2.19. The molecule has 0 radical (unpaired) electrons. The maximum absolute atomic E-state index is 5.83. The monoisotopic (exact) mass is 515 g/mol. The molecule has 1 aromatic heterocycles. The van der Waals surface area contributed by atoms with Crippen molar-refractivity contribution in [3.8, 4) is 0 Å². The van der Waals surface area contributed by atoms with E-state index in [1.807, 2.05) is 18.3 Å². The second kappa shape index (κ2) is 13.7. The van der Waals surface area contributed by atoms with Crippen molar-refractivity contribution in [3.63, 3.8) is 0 Å². The maximum atomic E-state index is 5.83. The molecule has 1 atom stereocenters. The lowest BCUT2D eigenvalue weighted by Gasteiger charge is -2.30. The molecule has 0 amide bonds. The van der Waals surface area contributed by atoms with E-state index in [9.17, 15) is 0 Å². The van der Waals surface area contributed by atoms with Crippen molar-refractivity contribution in [2.75, 3.05) is 33.2 Å². The van der Waals surface area contributed by atoms with Crippen LogP contribution < -0.4 is 10.6 Å². The first-order valence-corrected chi connectivity index (χ1v) is 9.89. The highest BCUT2D eigenvalue weighted by molar-refractivity contribution is 14.0. The van der Waals surface area contributed by atoms with E-state index in [-0.39, 0.29) is 24.0 Å². The Morgan fingerprint density at radius 3 is 2.39 bits per heavy atom. The van der Waals surface area contributed by atoms with Gasteiger partial charge in [-0.25, -0.2) is 4.98 Å². The van der Waals surface area contributed by atoms with Crippen LogP contribution in [0.4, 0.5) is 0 Å². The number of hydrogen-bond donors (Lipinski definition) is 2. The molecule has 2 aromatic rings. The number of guanidine groups is 1. The van der Waals surface area contributed by atoms with Gasteiger partial charge < -0.3 is 10.6 Å². The molecule has 0 saturated heterocycles. The molecule has 5 nitrogen and oxygen atoms in total. The van der Waals surface area contributed by atoms with E-state index < -0.39 is 0 Å². The molecule has 0 aliphatic heterocycles. The van der Waals surface area contributed by atoms with Crippen molar-refractivity contribution in [3.05, 3.63) is 64.9 Å². The maximum Gasteiger partial charge on any atom is 0.191 e. The summed E-state index contributed by atoms with van der Waals surface area (Å²) in [5.74, 6) is 0.810. The molecular weight excluding hydrogens is 485 g/mol. The van der Waals surface area contributed by atoms with E-state index in [2.05, 4.69) is 69.7 Å². The Morgan fingerprint density at radius 1 is 1.11 bits per heavy atom. The summed E-state index contributed by atoms with van der Waals surface area (Å²) in [7, 11) is 1.80. The van der Waals surface area contributed by atoms with Gasteiger partial charge in [-0.2, -0.15) is 0 Å². The summed E-state index contributed by atoms with van der Waals surface area (Å²) in [5, 5.41) is 7.37. The first-order chi connectivity index (χ1) is 13.2. The van der Waals surface area contributed by atoms with Crippen LogP contribution in [0.25, 0.3) is 0 Å². The Hall–Kier alpha value is -1.38. The smallest absolute Gasteiger partial charge is 0.191 e. The average Bonchev–Trinajstić information content (AvgIpc) is 2.71. The van der Waals surface area contributed by atoms with Gasteiger partial charge in [0.05, 0.1) is 6.04 Å². The van der Waals surface area contributed by atoms with E-state index in [4.69, 9.17) is 11.6 Å². The van der Waals surface area contributed by atoms with E-state index >= 15 is 0 Å². The van der Waals surface area contributed by atoms with Crippen LogP contribution in [0, 0.1) is 0 Å². The SMILES string of the molecule is CCN(CC)C(CNC(=NC)NCCc1ccc(Cl)nc1)c1ccccc1.I. The zero-order valence-electron chi connectivity index (χ0n) is 16.9. The van der Waals surface area contributed by atoms with Crippen LogP contribution in [0.5, 0.6) is 0 Å². The number of nitrogens with one attached hydrogen (secondary N) is 2. The third-order valence-electron chi connectivity index (χ3n) is 4.62. The number of aromatic nitrogens is 1. The molecule has 7 heteroatoms. The number of likely N-dealkylation sites (N-methyl/N-ethyl adjacent to an activating group) is 1. The molecule has 1 heterocycles.